The van der Waals surface area contributed by atoms with Crippen LogP contribution < -0.4 is 19.8 Å². The van der Waals surface area contributed by atoms with Gasteiger partial charge in [-0.3, -0.25) is 4.79 Å². The minimum Gasteiger partial charge on any atom is -0.493 e. The molecule has 1 aliphatic rings. The number of thiol groups is 1. The Hall–Kier alpha value is -2.32. The highest BCUT2D eigenvalue weighted by atomic mass is 32.2. The Balaban J connectivity index is 2.02. The minimum absolute atomic E-state index is 0.145. The zero-order valence-corrected chi connectivity index (χ0v) is 17.0. The van der Waals surface area contributed by atoms with Gasteiger partial charge in [0.1, 0.15) is 11.5 Å². The summed E-state index contributed by atoms with van der Waals surface area (Å²) in [6.07, 6.45) is 5.75. The summed E-state index contributed by atoms with van der Waals surface area (Å²) < 4.78 is 37.3. The molecule has 0 bridgehead atoms. The van der Waals surface area contributed by atoms with E-state index < -0.39 is 10.9 Å². The van der Waals surface area contributed by atoms with E-state index in [9.17, 15) is 13.2 Å². The molecular weight excluding hydrogens is 380 g/mol. The molecule has 1 N–H and O–H groups in total. The molecule has 0 unspecified atom stereocenters. The smallest absolute Gasteiger partial charge is 0.254 e. The summed E-state index contributed by atoms with van der Waals surface area (Å²) in [4.78, 5) is 12.1. The van der Waals surface area contributed by atoms with Gasteiger partial charge in [0.15, 0.2) is 0 Å². The summed E-state index contributed by atoms with van der Waals surface area (Å²) in [6.45, 7) is 2.64. The van der Waals surface area contributed by atoms with E-state index in [2.05, 4.69) is 4.72 Å². The maximum absolute atomic E-state index is 12.1. The molecule has 0 aliphatic heterocycles. The number of ether oxygens (including phenoxy) is 2. The molecule has 0 atom stereocenters. The molecule has 152 valence electrons. The second-order valence-electron chi connectivity index (χ2n) is 6.85. The van der Waals surface area contributed by atoms with Crippen LogP contribution >= 0.6 is 0 Å². The van der Waals surface area contributed by atoms with Gasteiger partial charge >= 0.3 is 0 Å². The van der Waals surface area contributed by atoms with Gasteiger partial charge in [-0.2, -0.15) is 0 Å². The number of aryl methyl sites for hydroxylation is 1. The summed E-state index contributed by atoms with van der Waals surface area (Å²) >= 11 is 0. The van der Waals surface area contributed by atoms with Crippen LogP contribution in [0.5, 0.6) is 11.5 Å². The van der Waals surface area contributed by atoms with Gasteiger partial charge < -0.3 is 14.0 Å². The Labute approximate surface area is 166 Å². The number of rotatable bonds is 9. The third kappa shape index (κ3) is 4.94. The average molecular weight is 407 g/mol. The number of hydrogen-bond acceptors (Lipinski definition) is 5. The van der Waals surface area contributed by atoms with E-state index in [1.54, 1.807) is 13.2 Å². The fourth-order valence-electron chi connectivity index (χ4n) is 3.10. The van der Waals surface area contributed by atoms with Crippen LogP contribution in [0.4, 0.5) is 0 Å². The van der Waals surface area contributed by atoms with Crippen molar-refractivity contribution in [2.24, 2.45) is 7.05 Å². The summed E-state index contributed by atoms with van der Waals surface area (Å²) in [5.74, 6) is 1.26. The molecule has 1 heterocycles. The first-order valence-electron chi connectivity index (χ1n) is 9.49. The van der Waals surface area contributed by atoms with Crippen molar-refractivity contribution in [3.05, 3.63) is 46.4 Å². The Bertz CT molecular complexity index is 956. The van der Waals surface area contributed by atoms with Crippen molar-refractivity contribution in [1.82, 2.24) is 9.29 Å². The van der Waals surface area contributed by atoms with Crippen LogP contribution in [-0.2, 0) is 24.4 Å². The maximum Gasteiger partial charge on any atom is 0.254 e. The van der Waals surface area contributed by atoms with Crippen molar-refractivity contribution in [2.75, 3.05) is 13.2 Å². The van der Waals surface area contributed by atoms with E-state index in [1.807, 2.05) is 25.1 Å². The molecular formula is C20H26N2O5S. The van der Waals surface area contributed by atoms with Crippen LogP contribution in [0.3, 0.4) is 0 Å². The standard InChI is InChI=1S/C20H26N2O5S/c1-3-26-19-12-20(23)22(2)13-17(19)16-11-14(9-10-21-28(24)25)7-8-18(16)27-15-5-4-6-15/h7-8,11-13,15,28H,3-6,9-10H2,1-2H3,(H,21,24,25). The lowest BCUT2D eigenvalue weighted by atomic mass is 9.95. The SMILES string of the molecule is CCOc1cc(=O)n(C)cc1-c1cc(CCN[SH](=O)=O)ccc1OC1CCC1. The number of nitrogens with zero attached hydrogens (tertiary/aromatic N) is 1. The largest absolute Gasteiger partial charge is 0.493 e. The van der Waals surface area contributed by atoms with E-state index in [-0.39, 0.29) is 11.7 Å². The predicted molar refractivity (Wildman–Crippen MR) is 109 cm³/mol. The van der Waals surface area contributed by atoms with Gasteiger partial charge in [-0.1, -0.05) is 6.07 Å². The van der Waals surface area contributed by atoms with Crippen LogP contribution in [0.15, 0.2) is 35.3 Å². The Morgan fingerprint density at radius 1 is 1.18 bits per heavy atom. The fraction of sp³-hybridized carbons (Fsp3) is 0.450. The third-order valence-corrected chi connectivity index (χ3v) is 5.31. The summed E-state index contributed by atoms with van der Waals surface area (Å²) in [7, 11) is -0.911. The molecule has 0 saturated heterocycles. The molecule has 0 amide bonds. The number of nitrogens with one attached hydrogen (secondary N) is 1. The van der Waals surface area contributed by atoms with Crippen molar-refractivity contribution < 1.29 is 17.9 Å². The summed E-state index contributed by atoms with van der Waals surface area (Å²) in [5.41, 5.74) is 2.45. The summed E-state index contributed by atoms with van der Waals surface area (Å²) in [6, 6.07) is 7.33. The molecule has 7 nitrogen and oxygen atoms in total. The van der Waals surface area contributed by atoms with Crippen molar-refractivity contribution in [1.29, 1.82) is 0 Å². The lowest BCUT2D eigenvalue weighted by molar-refractivity contribution is 0.121. The summed E-state index contributed by atoms with van der Waals surface area (Å²) in [5, 5.41) is 0. The molecule has 1 fully saturated rings. The van der Waals surface area contributed by atoms with Gasteiger partial charge in [-0.05, 0) is 50.3 Å². The topological polar surface area (TPSA) is 86.6 Å². The van der Waals surface area contributed by atoms with Crippen LogP contribution in [0, 0.1) is 0 Å². The van der Waals surface area contributed by atoms with Crippen molar-refractivity contribution in [3.8, 4) is 22.6 Å². The zero-order chi connectivity index (χ0) is 20.1. The highest BCUT2D eigenvalue weighted by Crippen LogP contribution is 2.38. The molecule has 1 saturated carbocycles. The molecule has 1 aliphatic carbocycles. The number of hydrogen-bond donors (Lipinski definition) is 2. The molecule has 0 spiro atoms. The van der Waals surface area contributed by atoms with Gasteiger partial charge in [0.2, 0.25) is 10.9 Å². The fourth-order valence-corrected chi connectivity index (χ4v) is 3.39. The number of benzene rings is 1. The second-order valence-corrected chi connectivity index (χ2v) is 7.68. The van der Waals surface area contributed by atoms with E-state index in [4.69, 9.17) is 9.47 Å². The van der Waals surface area contributed by atoms with Crippen LogP contribution in [-0.4, -0.2) is 32.2 Å². The van der Waals surface area contributed by atoms with Crippen molar-refractivity contribution in [2.45, 2.75) is 38.7 Å². The first-order chi connectivity index (χ1) is 13.5. The predicted octanol–water partition coefficient (Wildman–Crippen LogP) is 2.04. The third-order valence-electron chi connectivity index (χ3n) is 4.82. The van der Waals surface area contributed by atoms with Crippen LogP contribution in [0.25, 0.3) is 11.1 Å². The number of pyridine rings is 1. The average Bonchev–Trinajstić information content (AvgIpc) is 2.62. The van der Waals surface area contributed by atoms with E-state index in [1.165, 1.54) is 17.1 Å². The first kappa shape index (κ1) is 20.4. The zero-order valence-electron chi connectivity index (χ0n) is 16.1. The lowest BCUT2D eigenvalue weighted by Crippen LogP contribution is -2.25. The monoisotopic (exact) mass is 406 g/mol. The maximum atomic E-state index is 12.1. The van der Waals surface area contributed by atoms with Crippen molar-refractivity contribution in [3.63, 3.8) is 0 Å². The molecule has 0 radical (unpaired) electrons. The Morgan fingerprint density at radius 3 is 2.61 bits per heavy atom. The van der Waals surface area contributed by atoms with Gasteiger partial charge in [-0.25, -0.2) is 13.1 Å². The molecule has 1 aromatic carbocycles. The minimum atomic E-state index is -2.61. The highest BCUT2D eigenvalue weighted by molar-refractivity contribution is 7.70. The Kier molecular flexibility index (Phi) is 6.74. The van der Waals surface area contributed by atoms with Crippen molar-refractivity contribution >= 4 is 10.9 Å². The van der Waals surface area contributed by atoms with Gasteiger partial charge in [0.05, 0.1) is 12.7 Å². The second kappa shape index (κ2) is 9.25. The van der Waals surface area contributed by atoms with Crippen LogP contribution in [0.1, 0.15) is 31.7 Å². The van der Waals surface area contributed by atoms with E-state index in [0.717, 1.165) is 35.3 Å². The van der Waals surface area contributed by atoms with Gasteiger partial charge in [0, 0.05) is 37.0 Å². The van der Waals surface area contributed by atoms with Gasteiger partial charge in [-0.15, -0.1) is 0 Å². The quantitative estimate of drug-likeness (QED) is 0.623. The molecule has 2 aromatic rings. The highest BCUT2D eigenvalue weighted by Gasteiger charge is 2.22. The molecule has 3 rings (SSSR count). The first-order valence-corrected chi connectivity index (χ1v) is 10.7. The Morgan fingerprint density at radius 2 is 1.96 bits per heavy atom. The molecule has 28 heavy (non-hydrogen) atoms. The molecule has 8 heteroatoms. The number of aromatic nitrogens is 1. The van der Waals surface area contributed by atoms with Crippen LogP contribution in [0.2, 0.25) is 0 Å². The lowest BCUT2D eigenvalue weighted by Gasteiger charge is -2.28. The normalized spacial score (nSPS) is 14.1. The molecule has 1 aromatic heterocycles. The van der Waals surface area contributed by atoms with E-state index >= 15 is 0 Å². The van der Waals surface area contributed by atoms with E-state index in [0.29, 0.717) is 25.3 Å². The van der Waals surface area contributed by atoms with Gasteiger partial charge in [0.25, 0.3) is 5.56 Å².